The third-order valence-corrected chi connectivity index (χ3v) is 13.3. The Balaban J connectivity index is 1.25. The molecule has 0 aromatic carbocycles. The van der Waals surface area contributed by atoms with Crippen LogP contribution in [-0.2, 0) is 57.1 Å². The highest BCUT2D eigenvalue weighted by Crippen LogP contribution is 2.66. The van der Waals surface area contributed by atoms with Crippen molar-refractivity contribution in [3.63, 3.8) is 0 Å². The zero-order valence-electron chi connectivity index (χ0n) is 33.9. The number of carbonyl (C=O) groups is 5. The third kappa shape index (κ3) is 8.74. The minimum atomic E-state index is -1.50. The monoisotopic (exact) mass is 758 g/mol. The fourth-order valence-electron chi connectivity index (χ4n) is 10.9. The van der Waals surface area contributed by atoms with E-state index in [2.05, 4.69) is 32.9 Å². The number of fused-ring (bicyclic) bond motifs is 5. The van der Waals surface area contributed by atoms with Crippen molar-refractivity contribution in [3.05, 3.63) is 23.3 Å². The summed E-state index contributed by atoms with van der Waals surface area (Å²) in [6.07, 6.45) is 7.86. The smallest absolute Gasteiger partial charge is 0.339 e. The van der Waals surface area contributed by atoms with Gasteiger partial charge >= 0.3 is 29.8 Å². The Labute approximate surface area is 320 Å². The molecule has 1 heterocycles. The van der Waals surface area contributed by atoms with Crippen LogP contribution in [0.4, 0.5) is 0 Å². The highest BCUT2D eigenvalue weighted by molar-refractivity contribution is 5.77. The van der Waals surface area contributed by atoms with Crippen molar-refractivity contribution in [1.82, 2.24) is 0 Å². The summed E-state index contributed by atoms with van der Waals surface area (Å²) < 4.78 is 39.5. The second kappa shape index (κ2) is 16.5. The van der Waals surface area contributed by atoms with E-state index in [1.165, 1.54) is 45.1 Å². The van der Waals surface area contributed by atoms with Crippen LogP contribution >= 0.6 is 0 Å². The van der Waals surface area contributed by atoms with Crippen LogP contribution in [0.5, 0.6) is 0 Å². The van der Waals surface area contributed by atoms with Gasteiger partial charge in [-0.1, -0.05) is 56.9 Å². The molecule has 0 amide bonds. The number of hydrogen-bond acceptors (Lipinski definition) is 12. The summed E-state index contributed by atoms with van der Waals surface area (Å²) in [5.74, 6) is -1.06. The highest BCUT2D eigenvalue weighted by atomic mass is 16.7. The second-order valence-corrected chi connectivity index (χ2v) is 17.5. The molecule has 1 aliphatic heterocycles. The topological polar surface area (TPSA) is 150 Å². The van der Waals surface area contributed by atoms with Gasteiger partial charge < -0.3 is 33.2 Å². The van der Waals surface area contributed by atoms with Crippen LogP contribution in [0.2, 0.25) is 0 Å². The lowest BCUT2D eigenvalue weighted by Crippen LogP contribution is -2.64. The van der Waals surface area contributed by atoms with Crippen LogP contribution in [0.15, 0.2) is 23.3 Å². The average Bonchev–Trinajstić information content (AvgIpc) is 3.43. The SMILES string of the molecule is COC(=O)[C@H]1O[C@@H](OC(C)(C)CCC[C@@H](C)[C@H]2CC[C@H]3C4=CC=C5C[C@@H](OC(C)=O)CC[C@]5(C)[C@H]4CC[C@]23C)[C@H](OC(C)=O)[C@@H](OC(C)=O)[C@@H]1OC(C)=O. The average molecular weight is 759 g/mol. The second-order valence-electron chi connectivity index (χ2n) is 17.5. The normalized spacial score (nSPS) is 36.5. The summed E-state index contributed by atoms with van der Waals surface area (Å²) in [6.45, 7) is 16.2. The summed E-state index contributed by atoms with van der Waals surface area (Å²) in [7, 11) is 1.16. The maximum absolute atomic E-state index is 12.9. The van der Waals surface area contributed by atoms with Crippen molar-refractivity contribution in [1.29, 1.82) is 0 Å². The molecule has 54 heavy (non-hydrogen) atoms. The summed E-state index contributed by atoms with van der Waals surface area (Å²) >= 11 is 0. The molecule has 0 bridgehead atoms. The molecule has 0 N–H and O–H groups in total. The minimum Gasteiger partial charge on any atom is -0.467 e. The lowest BCUT2D eigenvalue weighted by atomic mass is 9.50. The molecule has 12 nitrogen and oxygen atoms in total. The summed E-state index contributed by atoms with van der Waals surface area (Å²) in [6, 6.07) is 0. The van der Waals surface area contributed by atoms with Crippen LogP contribution in [0.25, 0.3) is 0 Å². The van der Waals surface area contributed by atoms with E-state index in [-0.39, 0.29) is 22.9 Å². The molecule has 0 radical (unpaired) electrons. The van der Waals surface area contributed by atoms with Gasteiger partial charge in [-0.05, 0) is 93.3 Å². The van der Waals surface area contributed by atoms with Gasteiger partial charge in [-0.15, -0.1) is 0 Å². The first kappa shape index (κ1) is 41.9. The lowest BCUT2D eigenvalue weighted by Gasteiger charge is -2.55. The van der Waals surface area contributed by atoms with E-state index in [1.807, 2.05) is 13.8 Å². The molecule has 12 atom stereocenters. The van der Waals surface area contributed by atoms with Crippen molar-refractivity contribution >= 4 is 29.8 Å². The fourth-order valence-corrected chi connectivity index (χ4v) is 10.9. The van der Waals surface area contributed by atoms with Gasteiger partial charge in [0, 0.05) is 34.1 Å². The predicted molar refractivity (Wildman–Crippen MR) is 196 cm³/mol. The van der Waals surface area contributed by atoms with Crippen LogP contribution in [0.1, 0.15) is 127 Å². The number of rotatable bonds is 12. The molecular weight excluding hydrogens is 696 g/mol. The molecular formula is C42H62O12. The maximum Gasteiger partial charge on any atom is 0.339 e. The molecule has 4 aliphatic carbocycles. The molecule has 0 unspecified atom stereocenters. The van der Waals surface area contributed by atoms with E-state index >= 15 is 0 Å². The molecule has 5 rings (SSSR count). The summed E-state index contributed by atoms with van der Waals surface area (Å²) in [5, 5.41) is 0. The van der Waals surface area contributed by atoms with Gasteiger partial charge in [0.05, 0.1) is 12.7 Å². The van der Waals surface area contributed by atoms with Gasteiger partial charge in [0.15, 0.2) is 30.7 Å². The Morgan fingerprint density at radius 2 is 1.44 bits per heavy atom. The molecule has 0 aromatic rings. The van der Waals surface area contributed by atoms with Crippen molar-refractivity contribution in [2.24, 2.45) is 34.5 Å². The molecule has 302 valence electrons. The number of allylic oxidation sites excluding steroid dienone is 3. The summed E-state index contributed by atoms with van der Waals surface area (Å²) in [4.78, 5) is 61.0. The fraction of sp³-hybridized carbons (Fsp3) is 0.786. The van der Waals surface area contributed by atoms with Crippen LogP contribution < -0.4 is 0 Å². The largest absolute Gasteiger partial charge is 0.467 e. The first-order chi connectivity index (χ1) is 25.3. The number of methoxy groups -OCH3 is 1. The van der Waals surface area contributed by atoms with E-state index in [0.717, 1.165) is 53.1 Å². The molecule has 0 spiro atoms. The Bertz CT molecular complexity index is 1510. The Kier molecular flexibility index (Phi) is 12.8. The number of esters is 5. The van der Waals surface area contributed by atoms with Gasteiger partial charge in [-0.2, -0.15) is 0 Å². The van der Waals surface area contributed by atoms with E-state index in [9.17, 15) is 24.0 Å². The maximum atomic E-state index is 12.9. The molecule has 4 fully saturated rings. The van der Waals surface area contributed by atoms with E-state index in [4.69, 9.17) is 33.2 Å². The van der Waals surface area contributed by atoms with Crippen molar-refractivity contribution in [2.45, 2.75) is 169 Å². The Hall–Kier alpha value is -3.25. The predicted octanol–water partition coefficient (Wildman–Crippen LogP) is 6.71. The first-order valence-electron chi connectivity index (χ1n) is 19.8. The first-order valence-corrected chi connectivity index (χ1v) is 19.8. The quantitative estimate of drug-likeness (QED) is 0.154. The molecule has 1 saturated heterocycles. The van der Waals surface area contributed by atoms with Gasteiger partial charge in [0.1, 0.15) is 6.10 Å². The van der Waals surface area contributed by atoms with Crippen LogP contribution in [0, 0.1) is 34.5 Å². The molecule has 12 heteroatoms. The van der Waals surface area contributed by atoms with E-state index in [0.29, 0.717) is 30.1 Å². The van der Waals surface area contributed by atoms with Crippen molar-refractivity contribution < 1.29 is 57.1 Å². The number of carbonyl (C=O) groups excluding carboxylic acids is 5. The van der Waals surface area contributed by atoms with Crippen molar-refractivity contribution in [2.75, 3.05) is 7.11 Å². The molecule has 0 aromatic heterocycles. The van der Waals surface area contributed by atoms with Gasteiger partial charge in [0.2, 0.25) is 0 Å². The lowest BCUT2D eigenvalue weighted by molar-refractivity contribution is -0.321. The van der Waals surface area contributed by atoms with Crippen molar-refractivity contribution in [3.8, 4) is 0 Å². The van der Waals surface area contributed by atoms with E-state index in [1.54, 1.807) is 5.57 Å². The molecule has 5 aliphatic rings. The number of ether oxygens (including phenoxy) is 7. The minimum absolute atomic E-state index is 0.0163. The Morgan fingerprint density at radius 1 is 0.815 bits per heavy atom. The van der Waals surface area contributed by atoms with Gasteiger partial charge in [-0.3, -0.25) is 19.2 Å². The van der Waals surface area contributed by atoms with Gasteiger partial charge in [-0.25, -0.2) is 4.79 Å². The standard InChI is InChI=1S/C42H62O12/c1-23(31-15-16-32-30-14-13-28-22-29(49-24(2)43)17-20-41(28,8)33(30)18-21-42(31,32)9)12-11-19-40(6,7)54-39-37(52-27(5)46)35(51-26(4)45)34(50-25(3)44)36(53-39)38(47)48-10/h13-14,23,29,31-37,39H,11-12,15-22H2,1-10H3/t23-,29+,31-,32+,33+,34+,35+,36+,37-,39+,41+,42-/m1/s1. The third-order valence-electron chi connectivity index (χ3n) is 13.3. The summed E-state index contributed by atoms with van der Waals surface area (Å²) in [5.41, 5.74) is 2.62. The highest BCUT2D eigenvalue weighted by Gasteiger charge is 2.58. The molecule has 3 saturated carbocycles. The van der Waals surface area contributed by atoms with Crippen LogP contribution in [-0.4, -0.2) is 79.4 Å². The van der Waals surface area contributed by atoms with Gasteiger partial charge in [0.25, 0.3) is 0 Å². The zero-order valence-corrected chi connectivity index (χ0v) is 33.9. The van der Waals surface area contributed by atoms with E-state index < -0.39 is 60.2 Å². The Morgan fingerprint density at radius 3 is 2.07 bits per heavy atom. The van der Waals surface area contributed by atoms with Crippen LogP contribution in [0.3, 0.4) is 0 Å². The zero-order chi connectivity index (χ0) is 39.7. The number of hydrogen-bond donors (Lipinski definition) is 0.